The Morgan fingerprint density at radius 1 is 1.24 bits per heavy atom. The second-order valence-corrected chi connectivity index (χ2v) is 7.04. The van der Waals surface area contributed by atoms with Crippen molar-refractivity contribution < 1.29 is 19.4 Å². The number of carbonyl (C=O) groups excluding carboxylic acids is 1. The lowest BCUT2D eigenvalue weighted by Crippen LogP contribution is -2.61. The van der Waals surface area contributed by atoms with Gasteiger partial charge in [0.15, 0.2) is 0 Å². The maximum Gasteiger partial charge on any atom is 0.320 e. The van der Waals surface area contributed by atoms with Crippen molar-refractivity contribution in [2.75, 3.05) is 26.2 Å². The number of amides is 2. The zero-order chi connectivity index (χ0) is 16.4. The summed E-state index contributed by atoms with van der Waals surface area (Å²) in [5, 5.41) is 9.01. The van der Waals surface area contributed by atoms with Crippen LogP contribution < -0.4 is 0 Å². The molecule has 1 saturated heterocycles. The molecule has 2 amide bonds. The Kier molecular flexibility index (Phi) is 5.25. The number of urea groups is 1. The topological polar surface area (TPSA) is 70.1 Å². The molecule has 1 atom stereocenters. The van der Waals surface area contributed by atoms with Gasteiger partial charge in [0, 0.05) is 13.1 Å². The first-order valence-corrected chi connectivity index (χ1v) is 7.44. The lowest BCUT2D eigenvalue weighted by Gasteiger charge is -2.48. The molecular formula is C15H28N2O4. The van der Waals surface area contributed by atoms with E-state index in [4.69, 9.17) is 9.84 Å². The van der Waals surface area contributed by atoms with Gasteiger partial charge in [-0.15, -0.1) is 0 Å². The van der Waals surface area contributed by atoms with Crippen molar-refractivity contribution in [2.45, 2.75) is 52.7 Å². The molecule has 0 aromatic carbocycles. The minimum atomic E-state index is -0.885. The molecular weight excluding hydrogens is 272 g/mol. The Morgan fingerprint density at radius 3 is 2.10 bits per heavy atom. The van der Waals surface area contributed by atoms with Crippen molar-refractivity contribution in [1.29, 1.82) is 0 Å². The molecule has 1 unspecified atom stereocenters. The highest BCUT2D eigenvalue weighted by Gasteiger charge is 2.41. The summed E-state index contributed by atoms with van der Waals surface area (Å²) in [6, 6.07) is -0.116. The smallest absolute Gasteiger partial charge is 0.320 e. The molecule has 0 spiro atoms. The molecule has 6 heteroatoms. The van der Waals surface area contributed by atoms with Gasteiger partial charge in [0.25, 0.3) is 0 Å². The molecule has 0 aliphatic carbocycles. The van der Waals surface area contributed by atoms with E-state index in [2.05, 4.69) is 0 Å². The van der Waals surface area contributed by atoms with E-state index < -0.39 is 23.1 Å². The molecule has 1 aliphatic rings. The van der Waals surface area contributed by atoms with Crippen LogP contribution in [0.3, 0.4) is 0 Å². The summed E-state index contributed by atoms with van der Waals surface area (Å²) < 4.78 is 5.97. The van der Waals surface area contributed by atoms with E-state index in [1.54, 1.807) is 16.7 Å². The van der Waals surface area contributed by atoms with Crippen LogP contribution in [-0.2, 0) is 9.53 Å². The fraction of sp³-hybridized carbons (Fsp3) is 0.867. The molecule has 6 nitrogen and oxygen atoms in total. The molecule has 0 bridgehead atoms. The van der Waals surface area contributed by atoms with E-state index >= 15 is 0 Å². The quantitative estimate of drug-likeness (QED) is 0.862. The molecule has 1 N–H and O–H groups in total. The molecule has 1 fully saturated rings. The third-order valence-electron chi connectivity index (χ3n) is 3.53. The summed E-state index contributed by atoms with van der Waals surface area (Å²) in [7, 11) is 0. The van der Waals surface area contributed by atoms with Gasteiger partial charge in [0.1, 0.15) is 0 Å². The molecule has 0 aromatic rings. The number of carbonyl (C=O) groups is 2. The summed E-state index contributed by atoms with van der Waals surface area (Å²) in [6.45, 7) is 13.1. The zero-order valence-corrected chi connectivity index (χ0v) is 14.0. The standard InChI is InChI=1S/C15H28N2O4/c1-7-16(8-11(2)12(18)19)13(20)17-9-14(3,4)21-15(5,6)10-17/h11H,7-10H2,1-6H3,(H,18,19). The molecule has 122 valence electrons. The molecule has 1 aliphatic heterocycles. The molecule has 0 radical (unpaired) electrons. The highest BCUT2D eigenvalue weighted by molar-refractivity contribution is 5.76. The number of ether oxygens (including phenoxy) is 1. The Bertz CT molecular complexity index is 390. The van der Waals surface area contributed by atoms with Gasteiger partial charge < -0.3 is 19.6 Å². The van der Waals surface area contributed by atoms with Crippen LogP contribution in [0.5, 0.6) is 0 Å². The summed E-state index contributed by atoms with van der Waals surface area (Å²) in [5.41, 5.74) is -0.815. The first kappa shape index (κ1) is 17.8. The molecule has 0 saturated carbocycles. The Labute approximate surface area is 127 Å². The lowest BCUT2D eigenvalue weighted by molar-refractivity contribution is -0.172. The van der Waals surface area contributed by atoms with E-state index in [1.807, 2.05) is 34.6 Å². The Balaban J connectivity index is 2.82. The number of hydrogen-bond acceptors (Lipinski definition) is 3. The summed E-state index contributed by atoms with van der Waals surface area (Å²) >= 11 is 0. The third kappa shape index (κ3) is 4.88. The van der Waals surface area contributed by atoms with Crippen LogP contribution in [0.4, 0.5) is 4.79 Å². The Hall–Kier alpha value is -1.30. The highest BCUT2D eigenvalue weighted by atomic mass is 16.5. The fourth-order valence-corrected chi connectivity index (χ4v) is 2.87. The van der Waals surface area contributed by atoms with E-state index in [0.717, 1.165) is 0 Å². The third-order valence-corrected chi connectivity index (χ3v) is 3.53. The van der Waals surface area contributed by atoms with Gasteiger partial charge in [0.2, 0.25) is 0 Å². The van der Waals surface area contributed by atoms with Crippen molar-refractivity contribution in [1.82, 2.24) is 9.80 Å². The predicted octanol–water partition coefficient (Wildman–Crippen LogP) is 2.04. The van der Waals surface area contributed by atoms with Gasteiger partial charge in [-0.1, -0.05) is 6.92 Å². The predicted molar refractivity (Wildman–Crippen MR) is 80.3 cm³/mol. The number of nitrogens with zero attached hydrogens (tertiary/aromatic N) is 2. The van der Waals surface area contributed by atoms with Crippen molar-refractivity contribution in [3.05, 3.63) is 0 Å². The molecule has 21 heavy (non-hydrogen) atoms. The van der Waals surface area contributed by atoms with Gasteiger partial charge in [-0.05, 0) is 34.6 Å². The van der Waals surface area contributed by atoms with Crippen LogP contribution in [0.2, 0.25) is 0 Å². The second-order valence-electron chi connectivity index (χ2n) is 7.04. The SMILES string of the molecule is CCN(CC(C)C(=O)O)C(=O)N1CC(C)(C)OC(C)(C)C1. The van der Waals surface area contributed by atoms with Crippen LogP contribution in [0.1, 0.15) is 41.5 Å². The van der Waals surface area contributed by atoms with Crippen molar-refractivity contribution in [3.63, 3.8) is 0 Å². The van der Waals surface area contributed by atoms with Crippen molar-refractivity contribution in [2.24, 2.45) is 5.92 Å². The maximum absolute atomic E-state index is 12.7. The number of aliphatic carboxylic acids is 1. The van der Waals surface area contributed by atoms with Crippen LogP contribution >= 0.6 is 0 Å². The second kappa shape index (κ2) is 6.22. The van der Waals surface area contributed by atoms with Crippen LogP contribution in [0, 0.1) is 5.92 Å². The minimum Gasteiger partial charge on any atom is -0.481 e. The number of carboxylic acid groups (broad SMARTS) is 1. The first-order valence-electron chi connectivity index (χ1n) is 7.44. The van der Waals surface area contributed by atoms with Gasteiger partial charge in [-0.3, -0.25) is 4.79 Å². The molecule has 0 aromatic heterocycles. The van der Waals surface area contributed by atoms with Crippen LogP contribution in [0.25, 0.3) is 0 Å². The van der Waals surface area contributed by atoms with Gasteiger partial charge in [-0.25, -0.2) is 4.79 Å². The average molecular weight is 300 g/mol. The van der Waals surface area contributed by atoms with Crippen molar-refractivity contribution >= 4 is 12.0 Å². The number of rotatable bonds is 4. The van der Waals surface area contributed by atoms with E-state index in [-0.39, 0.29) is 12.6 Å². The Morgan fingerprint density at radius 2 is 1.71 bits per heavy atom. The van der Waals surface area contributed by atoms with E-state index in [0.29, 0.717) is 19.6 Å². The molecule has 1 rings (SSSR count). The monoisotopic (exact) mass is 300 g/mol. The van der Waals surface area contributed by atoms with E-state index in [9.17, 15) is 9.59 Å². The van der Waals surface area contributed by atoms with Gasteiger partial charge in [0.05, 0.1) is 30.2 Å². The van der Waals surface area contributed by atoms with Gasteiger partial charge in [-0.2, -0.15) is 0 Å². The maximum atomic E-state index is 12.7. The normalized spacial score (nSPS) is 21.7. The number of morpholine rings is 1. The highest BCUT2D eigenvalue weighted by Crippen LogP contribution is 2.28. The van der Waals surface area contributed by atoms with E-state index in [1.165, 1.54) is 0 Å². The van der Waals surface area contributed by atoms with Crippen molar-refractivity contribution in [3.8, 4) is 0 Å². The number of hydrogen-bond donors (Lipinski definition) is 1. The van der Waals surface area contributed by atoms with Crippen LogP contribution in [-0.4, -0.2) is 64.3 Å². The average Bonchev–Trinajstić information content (AvgIpc) is 2.30. The minimum absolute atomic E-state index is 0.116. The first-order chi connectivity index (χ1) is 9.47. The summed E-state index contributed by atoms with van der Waals surface area (Å²) in [5.74, 6) is -1.46. The zero-order valence-electron chi connectivity index (χ0n) is 14.0. The largest absolute Gasteiger partial charge is 0.481 e. The van der Waals surface area contributed by atoms with Crippen LogP contribution in [0.15, 0.2) is 0 Å². The summed E-state index contributed by atoms with van der Waals surface area (Å²) in [4.78, 5) is 27.0. The lowest BCUT2D eigenvalue weighted by atomic mass is 9.99. The fourth-order valence-electron chi connectivity index (χ4n) is 2.87. The summed E-state index contributed by atoms with van der Waals surface area (Å²) in [6.07, 6.45) is 0. The molecule has 1 heterocycles. The van der Waals surface area contributed by atoms with Gasteiger partial charge >= 0.3 is 12.0 Å². The number of carboxylic acids is 1.